The molecule has 0 amide bonds. The number of piperidine rings is 1. The summed E-state index contributed by atoms with van der Waals surface area (Å²) in [5.74, 6) is -2.04. The third kappa shape index (κ3) is 6.57. The number of nitrogens with one attached hydrogen (secondary N) is 2. The van der Waals surface area contributed by atoms with Crippen molar-refractivity contribution in [3.05, 3.63) is 59.7 Å². The summed E-state index contributed by atoms with van der Waals surface area (Å²) in [6.07, 6.45) is -8.20. The average Bonchev–Trinajstić information content (AvgIpc) is 2.83. The van der Waals surface area contributed by atoms with Gasteiger partial charge in [-0.2, -0.15) is 41.3 Å². The molecule has 1 unspecified atom stereocenters. The first kappa shape index (κ1) is 26.0. The van der Waals surface area contributed by atoms with Gasteiger partial charge in [-0.05, 0) is 49.2 Å². The number of rotatable bonds is 6. The summed E-state index contributed by atoms with van der Waals surface area (Å²) in [5, 5.41) is 14.7. The Morgan fingerprint density at radius 3 is 1.84 bits per heavy atom. The number of benzene rings is 2. The van der Waals surface area contributed by atoms with Crippen LogP contribution in [0.1, 0.15) is 24.0 Å². The molecule has 196 valence electrons. The van der Waals surface area contributed by atoms with E-state index in [0.29, 0.717) is 19.4 Å². The Morgan fingerprint density at radius 2 is 1.38 bits per heavy atom. The lowest BCUT2D eigenvalue weighted by atomic mass is 9.99. The quantitative estimate of drug-likeness (QED) is 0.352. The zero-order valence-corrected chi connectivity index (χ0v) is 18.9. The van der Waals surface area contributed by atoms with E-state index in [4.69, 9.17) is 0 Å². The Balaban J connectivity index is 1.69. The van der Waals surface area contributed by atoms with Gasteiger partial charge in [-0.1, -0.05) is 12.1 Å². The molecule has 37 heavy (non-hydrogen) atoms. The minimum atomic E-state index is -4.59. The Bertz CT molecular complexity index is 1210. The van der Waals surface area contributed by atoms with Crippen LogP contribution < -0.4 is 15.5 Å². The molecule has 8 nitrogen and oxygen atoms in total. The smallest absolute Gasteiger partial charge is 0.416 e. The minimum Gasteiger partial charge on any atom is -0.481 e. The summed E-state index contributed by atoms with van der Waals surface area (Å²) < 4.78 is 78.7. The van der Waals surface area contributed by atoms with Gasteiger partial charge in [-0.25, -0.2) is 0 Å². The third-order valence-corrected chi connectivity index (χ3v) is 5.57. The van der Waals surface area contributed by atoms with E-state index in [1.165, 1.54) is 24.3 Å². The summed E-state index contributed by atoms with van der Waals surface area (Å²) in [4.78, 5) is 25.6. The van der Waals surface area contributed by atoms with Crippen LogP contribution in [0, 0.1) is 5.92 Å². The number of hydrogen-bond donors (Lipinski definition) is 3. The zero-order chi connectivity index (χ0) is 26.8. The molecule has 2 heterocycles. The topological polar surface area (TPSA) is 103 Å². The van der Waals surface area contributed by atoms with Crippen molar-refractivity contribution in [3.8, 4) is 0 Å². The van der Waals surface area contributed by atoms with Gasteiger partial charge in [0.05, 0.1) is 17.0 Å². The fourth-order valence-corrected chi connectivity index (χ4v) is 3.78. The summed E-state index contributed by atoms with van der Waals surface area (Å²) in [5.41, 5.74) is -1.79. The van der Waals surface area contributed by atoms with Crippen LogP contribution in [0.3, 0.4) is 0 Å². The van der Waals surface area contributed by atoms with Crippen LogP contribution in [-0.4, -0.2) is 39.1 Å². The Labute approximate surface area is 206 Å². The second kappa shape index (κ2) is 10.1. The number of aliphatic carboxylic acids is 1. The molecule has 0 aliphatic carbocycles. The molecule has 1 aliphatic heterocycles. The molecular weight excluding hydrogens is 506 g/mol. The first-order valence-electron chi connectivity index (χ1n) is 11.0. The third-order valence-electron chi connectivity index (χ3n) is 5.57. The van der Waals surface area contributed by atoms with Crippen molar-refractivity contribution in [1.29, 1.82) is 0 Å². The number of anilines is 5. The first-order chi connectivity index (χ1) is 17.4. The van der Waals surface area contributed by atoms with Gasteiger partial charge in [0.2, 0.25) is 17.8 Å². The van der Waals surface area contributed by atoms with Crippen molar-refractivity contribution in [1.82, 2.24) is 15.0 Å². The maximum atomic E-state index is 13.1. The van der Waals surface area contributed by atoms with Gasteiger partial charge in [0.15, 0.2) is 0 Å². The highest BCUT2D eigenvalue weighted by atomic mass is 19.4. The second-order valence-electron chi connectivity index (χ2n) is 8.31. The summed E-state index contributed by atoms with van der Waals surface area (Å²) in [7, 11) is 0. The van der Waals surface area contributed by atoms with E-state index in [0.717, 1.165) is 24.3 Å². The molecule has 14 heteroatoms. The SMILES string of the molecule is O=C(O)C1CCCN(c2nc(Nc3cccc(C(F)(F)F)c3)nc(Nc3cccc(C(F)(F)F)c3)n2)C1. The molecule has 3 N–H and O–H groups in total. The van der Waals surface area contributed by atoms with Crippen molar-refractivity contribution in [3.63, 3.8) is 0 Å². The van der Waals surface area contributed by atoms with Gasteiger partial charge >= 0.3 is 18.3 Å². The van der Waals surface area contributed by atoms with Gasteiger partial charge in [0.1, 0.15) is 0 Å². The van der Waals surface area contributed by atoms with Crippen LogP contribution in [0.15, 0.2) is 48.5 Å². The largest absolute Gasteiger partial charge is 0.481 e. The fraction of sp³-hybridized carbons (Fsp3) is 0.304. The zero-order valence-electron chi connectivity index (χ0n) is 18.9. The van der Waals surface area contributed by atoms with E-state index in [9.17, 15) is 36.2 Å². The highest BCUT2D eigenvalue weighted by Crippen LogP contribution is 2.33. The van der Waals surface area contributed by atoms with E-state index in [2.05, 4.69) is 25.6 Å². The number of nitrogens with zero attached hydrogens (tertiary/aromatic N) is 4. The van der Waals surface area contributed by atoms with E-state index in [-0.39, 0.29) is 35.8 Å². The van der Waals surface area contributed by atoms with Crippen molar-refractivity contribution in [2.45, 2.75) is 25.2 Å². The molecule has 1 aromatic heterocycles. The normalized spacial score (nSPS) is 16.4. The Hall–Kier alpha value is -4.10. The molecule has 1 atom stereocenters. The van der Waals surface area contributed by atoms with Crippen LogP contribution in [0.4, 0.5) is 55.6 Å². The van der Waals surface area contributed by atoms with Gasteiger partial charge in [-0.3, -0.25) is 4.79 Å². The van der Waals surface area contributed by atoms with E-state index >= 15 is 0 Å². The molecule has 0 bridgehead atoms. The minimum absolute atomic E-state index is 0.0130. The van der Waals surface area contributed by atoms with E-state index < -0.39 is 35.4 Å². The fourth-order valence-electron chi connectivity index (χ4n) is 3.78. The Kier molecular flexibility index (Phi) is 7.09. The molecule has 3 aromatic rings. The van der Waals surface area contributed by atoms with Crippen molar-refractivity contribution in [2.24, 2.45) is 5.92 Å². The summed E-state index contributed by atoms with van der Waals surface area (Å²) >= 11 is 0. The molecular formula is C23H20F6N6O2. The highest BCUT2D eigenvalue weighted by molar-refractivity contribution is 5.71. The molecule has 0 saturated carbocycles. The average molecular weight is 526 g/mol. The van der Waals surface area contributed by atoms with E-state index in [1.54, 1.807) is 4.90 Å². The molecule has 1 saturated heterocycles. The molecule has 0 radical (unpaired) electrons. The van der Waals surface area contributed by atoms with Gasteiger partial charge < -0.3 is 20.6 Å². The number of aromatic nitrogens is 3. The first-order valence-corrected chi connectivity index (χ1v) is 11.0. The van der Waals surface area contributed by atoms with Crippen molar-refractivity contribution in [2.75, 3.05) is 28.6 Å². The molecule has 1 aliphatic rings. The van der Waals surface area contributed by atoms with Crippen LogP contribution in [-0.2, 0) is 17.1 Å². The predicted molar refractivity (Wildman–Crippen MR) is 122 cm³/mol. The van der Waals surface area contributed by atoms with Crippen LogP contribution >= 0.6 is 0 Å². The number of alkyl halides is 6. The summed E-state index contributed by atoms with van der Waals surface area (Å²) in [6.45, 7) is 0.477. The lowest BCUT2D eigenvalue weighted by Crippen LogP contribution is -2.39. The van der Waals surface area contributed by atoms with Gasteiger partial charge in [0.25, 0.3) is 0 Å². The molecule has 1 fully saturated rings. The monoisotopic (exact) mass is 526 g/mol. The lowest BCUT2D eigenvalue weighted by Gasteiger charge is -2.30. The number of carboxylic acid groups (broad SMARTS) is 1. The number of halogens is 6. The van der Waals surface area contributed by atoms with Crippen molar-refractivity contribution < 1.29 is 36.2 Å². The highest BCUT2D eigenvalue weighted by Gasteiger charge is 2.32. The maximum absolute atomic E-state index is 13.1. The molecule has 4 rings (SSSR count). The number of carbonyl (C=O) groups is 1. The van der Waals surface area contributed by atoms with Crippen molar-refractivity contribution >= 4 is 35.2 Å². The molecule has 2 aromatic carbocycles. The van der Waals surface area contributed by atoms with Crippen LogP contribution in [0.2, 0.25) is 0 Å². The standard InChI is InChI=1S/C23H20F6N6O2/c24-22(25,26)14-5-1-7-16(10-14)30-19-32-20(31-17-8-2-6-15(11-17)23(27,28)29)34-21(33-19)35-9-3-4-13(12-35)18(36)37/h1-2,5-8,10-11,13H,3-4,9,12H2,(H,36,37)(H2,30,31,32,33,34). The molecule has 0 spiro atoms. The van der Waals surface area contributed by atoms with E-state index in [1.807, 2.05) is 0 Å². The Morgan fingerprint density at radius 1 is 0.865 bits per heavy atom. The number of carboxylic acids is 1. The lowest BCUT2D eigenvalue weighted by molar-refractivity contribution is -0.142. The second-order valence-corrected chi connectivity index (χ2v) is 8.31. The maximum Gasteiger partial charge on any atom is 0.416 e. The predicted octanol–water partition coefficient (Wildman–Crippen LogP) is 5.70. The number of hydrogen-bond acceptors (Lipinski definition) is 7. The van der Waals surface area contributed by atoms with Gasteiger partial charge in [-0.15, -0.1) is 0 Å². The summed E-state index contributed by atoms with van der Waals surface area (Å²) in [6, 6.07) is 8.60. The van der Waals surface area contributed by atoms with Crippen LogP contribution in [0.25, 0.3) is 0 Å². The van der Waals surface area contributed by atoms with Gasteiger partial charge in [0, 0.05) is 24.5 Å². The van der Waals surface area contributed by atoms with Crippen LogP contribution in [0.5, 0.6) is 0 Å².